The van der Waals surface area contributed by atoms with Crippen molar-refractivity contribution in [3.8, 4) is 0 Å². The van der Waals surface area contributed by atoms with Gasteiger partial charge in [0, 0.05) is 24.6 Å². The Balaban J connectivity index is 2.01. The fraction of sp³-hybridized carbons (Fsp3) is 1.00. The van der Waals surface area contributed by atoms with Crippen LogP contribution in [0.4, 0.5) is 0 Å². The van der Waals surface area contributed by atoms with Gasteiger partial charge in [-0.2, -0.15) is 0 Å². The lowest BCUT2D eigenvalue weighted by molar-refractivity contribution is 0.203. The molecule has 2 heteroatoms. The van der Waals surface area contributed by atoms with E-state index in [0.717, 1.165) is 12.5 Å². The topological polar surface area (TPSA) is 32.3 Å². The van der Waals surface area contributed by atoms with E-state index in [-0.39, 0.29) is 5.41 Å². The second-order valence-corrected chi connectivity index (χ2v) is 5.76. The predicted octanol–water partition coefficient (Wildman–Crippen LogP) is 2.56. The molecule has 1 fully saturated rings. The highest BCUT2D eigenvalue weighted by Crippen LogP contribution is 2.44. The van der Waals surface area contributed by atoms with Crippen LogP contribution in [-0.4, -0.2) is 24.3 Å². The molecule has 15 heavy (non-hydrogen) atoms. The van der Waals surface area contributed by atoms with Crippen LogP contribution in [0.15, 0.2) is 0 Å². The second kappa shape index (κ2) is 5.86. The van der Waals surface area contributed by atoms with E-state index in [1.165, 1.54) is 32.1 Å². The Labute approximate surface area is 94.5 Å². The molecule has 0 aromatic rings. The lowest BCUT2D eigenvalue weighted by atomic mass is 10.0. The first-order valence-corrected chi connectivity index (χ1v) is 6.42. The Morgan fingerprint density at radius 1 is 1.20 bits per heavy atom. The Hall–Kier alpha value is -0.0800. The number of nitrogens with one attached hydrogen (secondary N) is 1. The molecule has 0 amide bonds. The smallest absolute Gasteiger partial charge is 0.0499 e. The molecule has 1 aliphatic carbocycles. The van der Waals surface area contributed by atoms with Gasteiger partial charge in [0.1, 0.15) is 0 Å². The Bertz CT molecular complexity index is 175. The van der Waals surface area contributed by atoms with Crippen molar-refractivity contribution in [2.24, 2.45) is 11.3 Å². The molecule has 1 unspecified atom stereocenters. The SMILES string of the molecule is CC(C)CCCC(C)NCC1(CO)CC1. The summed E-state index contributed by atoms with van der Waals surface area (Å²) >= 11 is 0. The number of aliphatic hydroxyl groups excluding tert-OH is 1. The molecular weight excluding hydrogens is 186 g/mol. The molecule has 2 nitrogen and oxygen atoms in total. The monoisotopic (exact) mass is 213 g/mol. The molecule has 0 aromatic heterocycles. The van der Waals surface area contributed by atoms with Gasteiger partial charge < -0.3 is 10.4 Å². The zero-order chi connectivity index (χ0) is 11.3. The first kappa shape index (κ1) is 13.0. The highest BCUT2D eigenvalue weighted by molar-refractivity contribution is 4.94. The summed E-state index contributed by atoms with van der Waals surface area (Å²) in [7, 11) is 0. The van der Waals surface area contributed by atoms with Crippen LogP contribution >= 0.6 is 0 Å². The molecule has 0 saturated heterocycles. The highest BCUT2D eigenvalue weighted by atomic mass is 16.3. The Morgan fingerprint density at radius 3 is 2.33 bits per heavy atom. The van der Waals surface area contributed by atoms with E-state index in [4.69, 9.17) is 0 Å². The van der Waals surface area contributed by atoms with Gasteiger partial charge in [0.25, 0.3) is 0 Å². The molecule has 1 rings (SSSR count). The van der Waals surface area contributed by atoms with E-state index in [9.17, 15) is 5.11 Å². The van der Waals surface area contributed by atoms with Crippen LogP contribution in [0.1, 0.15) is 52.9 Å². The lowest BCUT2D eigenvalue weighted by Gasteiger charge is -2.18. The quantitative estimate of drug-likeness (QED) is 0.649. The largest absolute Gasteiger partial charge is 0.396 e. The maximum Gasteiger partial charge on any atom is 0.0499 e. The van der Waals surface area contributed by atoms with Crippen LogP contribution < -0.4 is 5.32 Å². The van der Waals surface area contributed by atoms with Gasteiger partial charge >= 0.3 is 0 Å². The third-order valence-electron chi connectivity index (χ3n) is 3.54. The van der Waals surface area contributed by atoms with E-state index >= 15 is 0 Å². The number of aliphatic hydroxyl groups is 1. The molecular formula is C13H27NO. The van der Waals surface area contributed by atoms with Crippen LogP contribution in [0.5, 0.6) is 0 Å². The van der Waals surface area contributed by atoms with Gasteiger partial charge in [-0.05, 0) is 32.1 Å². The summed E-state index contributed by atoms with van der Waals surface area (Å²) in [5, 5.41) is 12.7. The average molecular weight is 213 g/mol. The summed E-state index contributed by atoms with van der Waals surface area (Å²) in [6, 6.07) is 0.604. The zero-order valence-electron chi connectivity index (χ0n) is 10.6. The maximum absolute atomic E-state index is 9.18. The van der Waals surface area contributed by atoms with Gasteiger partial charge in [-0.1, -0.05) is 26.7 Å². The van der Waals surface area contributed by atoms with Crippen molar-refractivity contribution >= 4 is 0 Å². The Morgan fingerprint density at radius 2 is 1.87 bits per heavy atom. The number of rotatable bonds is 8. The summed E-state index contributed by atoms with van der Waals surface area (Å²) in [6.07, 6.45) is 6.32. The molecule has 0 aromatic carbocycles. The summed E-state index contributed by atoms with van der Waals surface area (Å²) in [4.78, 5) is 0. The highest BCUT2D eigenvalue weighted by Gasteiger charge is 2.41. The normalized spacial score (nSPS) is 20.6. The van der Waals surface area contributed by atoms with E-state index in [2.05, 4.69) is 26.1 Å². The average Bonchev–Trinajstić information content (AvgIpc) is 2.95. The van der Waals surface area contributed by atoms with E-state index in [0.29, 0.717) is 12.6 Å². The Kier molecular flexibility index (Phi) is 5.07. The predicted molar refractivity (Wildman–Crippen MR) is 64.9 cm³/mol. The van der Waals surface area contributed by atoms with Crippen molar-refractivity contribution < 1.29 is 5.11 Å². The van der Waals surface area contributed by atoms with E-state index in [1.807, 2.05) is 0 Å². The maximum atomic E-state index is 9.18. The van der Waals surface area contributed by atoms with Gasteiger partial charge in [0.05, 0.1) is 0 Å². The standard InChI is InChI=1S/C13H27NO/c1-11(2)5-4-6-12(3)14-9-13(10-15)7-8-13/h11-12,14-15H,4-10H2,1-3H3. The minimum Gasteiger partial charge on any atom is -0.396 e. The number of hydrogen-bond donors (Lipinski definition) is 2. The van der Waals surface area contributed by atoms with Crippen LogP contribution in [-0.2, 0) is 0 Å². The third-order valence-corrected chi connectivity index (χ3v) is 3.54. The minimum atomic E-state index is 0.256. The van der Waals surface area contributed by atoms with Crippen molar-refractivity contribution in [3.05, 3.63) is 0 Å². The van der Waals surface area contributed by atoms with Gasteiger partial charge in [-0.25, -0.2) is 0 Å². The van der Waals surface area contributed by atoms with Crippen molar-refractivity contribution in [2.45, 2.75) is 58.9 Å². The van der Waals surface area contributed by atoms with Gasteiger partial charge in [0.2, 0.25) is 0 Å². The molecule has 1 saturated carbocycles. The van der Waals surface area contributed by atoms with E-state index < -0.39 is 0 Å². The first-order valence-electron chi connectivity index (χ1n) is 6.42. The fourth-order valence-corrected chi connectivity index (χ4v) is 1.89. The molecule has 90 valence electrons. The van der Waals surface area contributed by atoms with E-state index in [1.54, 1.807) is 0 Å². The van der Waals surface area contributed by atoms with Crippen molar-refractivity contribution in [1.82, 2.24) is 5.32 Å². The van der Waals surface area contributed by atoms with Crippen molar-refractivity contribution in [3.63, 3.8) is 0 Å². The summed E-state index contributed by atoms with van der Waals surface area (Å²) in [5.74, 6) is 0.824. The summed E-state index contributed by atoms with van der Waals surface area (Å²) < 4.78 is 0. The second-order valence-electron chi connectivity index (χ2n) is 5.76. The molecule has 0 radical (unpaired) electrons. The minimum absolute atomic E-state index is 0.256. The third kappa shape index (κ3) is 4.98. The molecule has 0 heterocycles. The molecule has 0 spiro atoms. The fourth-order valence-electron chi connectivity index (χ4n) is 1.89. The lowest BCUT2D eigenvalue weighted by Crippen LogP contribution is -2.33. The summed E-state index contributed by atoms with van der Waals surface area (Å²) in [5.41, 5.74) is 0.256. The molecule has 1 aliphatic rings. The van der Waals surface area contributed by atoms with Gasteiger partial charge in [0.15, 0.2) is 0 Å². The van der Waals surface area contributed by atoms with Crippen LogP contribution in [0.25, 0.3) is 0 Å². The van der Waals surface area contributed by atoms with Gasteiger partial charge in [-0.15, -0.1) is 0 Å². The molecule has 0 bridgehead atoms. The van der Waals surface area contributed by atoms with Crippen molar-refractivity contribution in [1.29, 1.82) is 0 Å². The van der Waals surface area contributed by atoms with Crippen molar-refractivity contribution in [2.75, 3.05) is 13.2 Å². The first-order chi connectivity index (χ1) is 7.08. The van der Waals surface area contributed by atoms with Crippen LogP contribution in [0.3, 0.4) is 0 Å². The van der Waals surface area contributed by atoms with Crippen LogP contribution in [0.2, 0.25) is 0 Å². The molecule has 2 N–H and O–H groups in total. The summed E-state index contributed by atoms with van der Waals surface area (Å²) in [6.45, 7) is 8.19. The zero-order valence-corrected chi connectivity index (χ0v) is 10.6. The number of hydrogen-bond acceptors (Lipinski definition) is 2. The van der Waals surface area contributed by atoms with Gasteiger partial charge in [-0.3, -0.25) is 0 Å². The molecule has 0 aliphatic heterocycles. The molecule has 1 atom stereocenters. The van der Waals surface area contributed by atoms with Crippen LogP contribution in [0, 0.1) is 11.3 Å².